The first-order valence-electron chi connectivity index (χ1n) is 4.75. The second-order valence-electron chi connectivity index (χ2n) is 4.30. The summed E-state index contributed by atoms with van der Waals surface area (Å²) < 4.78 is 27.7. The summed E-state index contributed by atoms with van der Waals surface area (Å²) in [6.45, 7) is 5.35. The molecule has 0 aromatic heterocycles. The Morgan fingerprint density at radius 2 is 2.06 bits per heavy atom. The SMILES string of the molecule is CC(C)(C)[S@+]([O-])/N=C/c1cc(F)ccc1O. The van der Waals surface area contributed by atoms with Crippen molar-refractivity contribution < 1.29 is 14.0 Å². The minimum atomic E-state index is -1.42. The molecule has 3 nitrogen and oxygen atoms in total. The average Bonchev–Trinajstić information content (AvgIpc) is 2.17. The highest BCUT2D eigenvalue weighted by molar-refractivity contribution is 7.91. The highest BCUT2D eigenvalue weighted by Crippen LogP contribution is 2.19. The van der Waals surface area contributed by atoms with Gasteiger partial charge in [-0.05, 0) is 39.0 Å². The smallest absolute Gasteiger partial charge is 0.144 e. The Bertz CT molecular complexity index is 401. The van der Waals surface area contributed by atoms with E-state index < -0.39 is 21.9 Å². The van der Waals surface area contributed by atoms with E-state index in [-0.39, 0.29) is 11.3 Å². The molecule has 0 heterocycles. The maximum atomic E-state index is 12.9. The number of benzene rings is 1. The molecular formula is C11H14FNO2S. The summed E-state index contributed by atoms with van der Waals surface area (Å²) in [5, 5.41) is 9.39. The van der Waals surface area contributed by atoms with Crippen molar-refractivity contribution in [2.75, 3.05) is 0 Å². The van der Waals surface area contributed by atoms with Gasteiger partial charge in [0, 0.05) is 5.56 Å². The summed E-state index contributed by atoms with van der Waals surface area (Å²) >= 11 is -1.42. The summed E-state index contributed by atoms with van der Waals surface area (Å²) in [4.78, 5) is 0. The minimum absolute atomic E-state index is 0.0870. The van der Waals surface area contributed by atoms with E-state index in [2.05, 4.69) is 4.40 Å². The maximum Gasteiger partial charge on any atom is 0.144 e. The van der Waals surface area contributed by atoms with Gasteiger partial charge in [-0.3, -0.25) is 0 Å². The molecule has 1 aromatic rings. The lowest BCUT2D eigenvalue weighted by Gasteiger charge is -2.17. The van der Waals surface area contributed by atoms with Crippen LogP contribution in [0.3, 0.4) is 0 Å². The fourth-order valence-electron chi connectivity index (χ4n) is 0.892. The molecule has 88 valence electrons. The molecule has 0 aliphatic heterocycles. The van der Waals surface area contributed by atoms with Gasteiger partial charge in [-0.1, -0.05) is 4.40 Å². The van der Waals surface area contributed by atoms with Gasteiger partial charge < -0.3 is 9.66 Å². The second kappa shape index (κ2) is 4.84. The molecule has 0 bridgehead atoms. The molecule has 0 amide bonds. The lowest BCUT2D eigenvalue weighted by molar-refractivity contribution is 0.472. The molecular weight excluding hydrogens is 229 g/mol. The summed E-state index contributed by atoms with van der Waals surface area (Å²) in [5.74, 6) is -0.558. The lowest BCUT2D eigenvalue weighted by Crippen LogP contribution is -2.25. The van der Waals surface area contributed by atoms with Crippen molar-refractivity contribution in [1.82, 2.24) is 0 Å². The van der Waals surface area contributed by atoms with Crippen molar-refractivity contribution in [2.45, 2.75) is 25.5 Å². The number of phenols is 1. The molecule has 0 radical (unpaired) electrons. The van der Waals surface area contributed by atoms with Crippen LogP contribution in [0.2, 0.25) is 0 Å². The van der Waals surface area contributed by atoms with E-state index in [4.69, 9.17) is 0 Å². The average molecular weight is 243 g/mol. The van der Waals surface area contributed by atoms with Gasteiger partial charge in [0.2, 0.25) is 0 Å². The Morgan fingerprint density at radius 1 is 1.44 bits per heavy atom. The Labute approximate surface area is 97.3 Å². The summed E-state index contributed by atoms with van der Waals surface area (Å²) in [7, 11) is 0. The summed E-state index contributed by atoms with van der Waals surface area (Å²) in [5.41, 5.74) is 0.220. The zero-order valence-corrected chi connectivity index (χ0v) is 10.2. The van der Waals surface area contributed by atoms with Crippen molar-refractivity contribution in [3.05, 3.63) is 29.6 Å². The van der Waals surface area contributed by atoms with Crippen LogP contribution in [0.4, 0.5) is 4.39 Å². The van der Waals surface area contributed by atoms with Crippen molar-refractivity contribution in [3.8, 4) is 5.75 Å². The van der Waals surface area contributed by atoms with Gasteiger partial charge in [0.25, 0.3) is 0 Å². The Kier molecular flexibility index (Phi) is 3.93. The number of rotatable bonds is 2. The van der Waals surface area contributed by atoms with Crippen molar-refractivity contribution >= 4 is 17.6 Å². The van der Waals surface area contributed by atoms with Gasteiger partial charge in [-0.2, -0.15) is 0 Å². The predicted molar refractivity (Wildman–Crippen MR) is 63.6 cm³/mol. The lowest BCUT2D eigenvalue weighted by atomic mass is 10.2. The molecule has 5 heteroatoms. The first-order chi connectivity index (χ1) is 7.30. The van der Waals surface area contributed by atoms with Crippen molar-refractivity contribution in [1.29, 1.82) is 0 Å². The molecule has 1 atom stereocenters. The molecule has 0 fully saturated rings. The second-order valence-corrected chi connectivity index (χ2v) is 6.23. The maximum absolute atomic E-state index is 12.9. The molecule has 1 rings (SSSR count). The summed E-state index contributed by atoms with van der Waals surface area (Å²) in [6, 6.07) is 3.52. The van der Waals surface area contributed by atoms with E-state index in [1.54, 1.807) is 20.8 Å². The molecule has 0 aliphatic carbocycles. The van der Waals surface area contributed by atoms with Gasteiger partial charge in [-0.15, -0.1) is 0 Å². The third-order valence-electron chi connectivity index (χ3n) is 1.80. The molecule has 1 N–H and O–H groups in total. The van der Waals surface area contributed by atoms with Gasteiger partial charge in [0.1, 0.15) is 27.7 Å². The van der Waals surface area contributed by atoms with Gasteiger partial charge >= 0.3 is 0 Å². The van der Waals surface area contributed by atoms with Gasteiger partial charge in [0.15, 0.2) is 0 Å². The fraction of sp³-hybridized carbons (Fsp3) is 0.364. The summed E-state index contributed by atoms with van der Waals surface area (Å²) in [6.07, 6.45) is 1.22. The largest absolute Gasteiger partial charge is 0.591 e. The molecule has 0 saturated carbocycles. The zero-order valence-electron chi connectivity index (χ0n) is 9.40. The van der Waals surface area contributed by atoms with Crippen LogP contribution in [-0.4, -0.2) is 20.6 Å². The molecule has 0 spiro atoms. The predicted octanol–water partition coefficient (Wildman–Crippen LogP) is 2.41. The van der Waals surface area contributed by atoms with Crippen LogP contribution in [-0.2, 0) is 11.4 Å². The monoisotopic (exact) mass is 243 g/mol. The highest BCUT2D eigenvalue weighted by Gasteiger charge is 2.25. The number of hydrogen-bond acceptors (Lipinski definition) is 3. The number of nitrogens with zero attached hydrogens (tertiary/aromatic N) is 1. The molecule has 16 heavy (non-hydrogen) atoms. The van der Waals surface area contributed by atoms with E-state index in [1.165, 1.54) is 12.3 Å². The number of phenolic OH excluding ortho intramolecular Hbond substituents is 1. The zero-order chi connectivity index (χ0) is 12.3. The highest BCUT2D eigenvalue weighted by atomic mass is 32.2. The third-order valence-corrected chi connectivity index (χ3v) is 3.15. The topological polar surface area (TPSA) is 55.7 Å². The van der Waals surface area contributed by atoms with Crippen LogP contribution < -0.4 is 0 Å². The quantitative estimate of drug-likeness (QED) is 0.640. The van der Waals surface area contributed by atoms with Gasteiger partial charge in [0.05, 0.1) is 6.21 Å². The molecule has 0 unspecified atom stereocenters. The van der Waals surface area contributed by atoms with Crippen molar-refractivity contribution in [2.24, 2.45) is 4.40 Å². The fourth-order valence-corrected chi connectivity index (χ4v) is 1.42. The molecule has 0 aliphatic rings. The Hall–Kier alpha value is -1.07. The number of halogens is 1. The standard InChI is InChI=1S/C11H14FNO2S/c1-11(2,3)16(15)13-7-8-6-9(12)4-5-10(8)14/h4-7,14H,1-3H3/b13-7+/t16-/m0/s1. The Balaban J connectivity index is 2.88. The van der Waals surface area contributed by atoms with Crippen LogP contribution in [0.1, 0.15) is 26.3 Å². The number of hydrogen-bond donors (Lipinski definition) is 1. The minimum Gasteiger partial charge on any atom is -0.591 e. The van der Waals surface area contributed by atoms with Crippen LogP contribution in [0.15, 0.2) is 22.6 Å². The van der Waals surface area contributed by atoms with Crippen LogP contribution in [0, 0.1) is 5.82 Å². The van der Waals surface area contributed by atoms with E-state index in [0.717, 1.165) is 12.1 Å². The van der Waals surface area contributed by atoms with Crippen LogP contribution >= 0.6 is 0 Å². The first-order valence-corrected chi connectivity index (χ1v) is 5.86. The molecule has 0 saturated heterocycles. The third kappa shape index (κ3) is 3.50. The normalized spacial score (nSPS) is 14.3. The number of aromatic hydroxyl groups is 1. The van der Waals surface area contributed by atoms with E-state index in [0.29, 0.717) is 0 Å². The van der Waals surface area contributed by atoms with E-state index in [9.17, 15) is 14.0 Å². The van der Waals surface area contributed by atoms with Crippen molar-refractivity contribution in [3.63, 3.8) is 0 Å². The van der Waals surface area contributed by atoms with Gasteiger partial charge in [-0.25, -0.2) is 4.39 Å². The van der Waals surface area contributed by atoms with Crippen LogP contribution in [0.5, 0.6) is 5.75 Å². The Morgan fingerprint density at radius 3 is 2.62 bits per heavy atom. The first kappa shape index (κ1) is 13.0. The van der Waals surface area contributed by atoms with E-state index in [1.807, 2.05) is 0 Å². The van der Waals surface area contributed by atoms with Crippen LogP contribution in [0.25, 0.3) is 0 Å². The van der Waals surface area contributed by atoms with E-state index >= 15 is 0 Å². The molecule has 1 aromatic carbocycles.